The van der Waals surface area contributed by atoms with Gasteiger partial charge in [0.25, 0.3) is 0 Å². The van der Waals surface area contributed by atoms with Gasteiger partial charge >= 0.3 is 18.0 Å². The van der Waals surface area contributed by atoms with Crippen LogP contribution in [0, 0.1) is 5.41 Å². The maximum Gasteiger partial charge on any atom is 0.413 e. The van der Waals surface area contributed by atoms with Crippen LogP contribution in [0.25, 0.3) is 0 Å². The van der Waals surface area contributed by atoms with Crippen LogP contribution in [0.15, 0.2) is 34.8 Å². The van der Waals surface area contributed by atoms with Gasteiger partial charge in [0, 0.05) is 11.8 Å². The number of rotatable bonds is 10. The predicted octanol–water partition coefficient (Wildman–Crippen LogP) is 4.85. The number of anilines is 1. The molecule has 1 amide bonds. The van der Waals surface area contributed by atoms with Gasteiger partial charge in [-0.15, -0.1) is 11.3 Å². The van der Waals surface area contributed by atoms with Crippen molar-refractivity contribution in [2.75, 3.05) is 12.4 Å². The number of thiazole rings is 1. The number of aromatic nitrogens is 1. The zero-order chi connectivity index (χ0) is 27.8. The first-order valence-electron chi connectivity index (χ1n) is 11.4. The van der Waals surface area contributed by atoms with E-state index in [9.17, 15) is 19.5 Å². The first kappa shape index (κ1) is 29.6. The van der Waals surface area contributed by atoms with E-state index in [2.05, 4.69) is 15.5 Å². The molecule has 0 unspecified atom stereocenters. The second-order valence-electron chi connectivity index (χ2n) is 10.2. The van der Waals surface area contributed by atoms with E-state index in [-0.39, 0.29) is 29.3 Å². The molecule has 1 aromatic carbocycles. The van der Waals surface area contributed by atoms with Crippen LogP contribution in [0.5, 0.6) is 5.75 Å². The third kappa shape index (κ3) is 10.5. The summed E-state index contributed by atoms with van der Waals surface area (Å²) in [4.78, 5) is 46.1. The van der Waals surface area contributed by atoms with Gasteiger partial charge in [-0.2, -0.15) is 0 Å². The number of nitrogens with one attached hydrogen (secondary N) is 1. The maximum atomic E-state index is 12.8. The molecule has 11 nitrogen and oxygen atoms in total. The molecule has 2 aromatic rings. The second kappa shape index (κ2) is 12.5. The van der Waals surface area contributed by atoms with Gasteiger partial charge in [-0.25, -0.2) is 19.4 Å². The van der Waals surface area contributed by atoms with Crippen molar-refractivity contribution in [2.24, 2.45) is 10.6 Å². The van der Waals surface area contributed by atoms with Crippen LogP contribution in [0.1, 0.15) is 59.2 Å². The number of methoxy groups -OCH3 is 1. The molecular weight excluding hydrogens is 502 g/mol. The third-order valence-electron chi connectivity index (χ3n) is 4.43. The van der Waals surface area contributed by atoms with E-state index in [0.29, 0.717) is 5.75 Å². The van der Waals surface area contributed by atoms with Crippen LogP contribution in [-0.2, 0) is 30.5 Å². The van der Waals surface area contributed by atoms with Gasteiger partial charge in [-0.1, -0.05) is 38.1 Å². The van der Waals surface area contributed by atoms with Gasteiger partial charge < -0.3 is 24.2 Å². The molecule has 2 N–H and O–H groups in total. The van der Waals surface area contributed by atoms with Crippen molar-refractivity contribution in [1.82, 2.24) is 4.98 Å². The SMILES string of the molecule is COc1ccc(COC(=O)[C@H](CC(C)(C)C)O/N=C(/C(=O)O)c2csc(NC(=O)OC(C)(C)C)n2)cc1. The molecule has 1 aromatic heterocycles. The number of amides is 1. The Morgan fingerprint density at radius 2 is 1.76 bits per heavy atom. The number of aliphatic carboxylic acids is 1. The van der Waals surface area contributed by atoms with Gasteiger partial charge in [0.15, 0.2) is 5.13 Å². The molecule has 0 saturated heterocycles. The summed E-state index contributed by atoms with van der Waals surface area (Å²) in [6.07, 6.45) is -1.68. The number of carbonyl (C=O) groups excluding carboxylic acids is 2. The van der Waals surface area contributed by atoms with Crippen molar-refractivity contribution in [3.8, 4) is 5.75 Å². The fraction of sp³-hybridized carbons (Fsp3) is 0.480. The average molecular weight is 536 g/mol. The van der Waals surface area contributed by atoms with Gasteiger partial charge in [-0.05, 0) is 43.9 Å². The van der Waals surface area contributed by atoms with E-state index in [4.69, 9.17) is 19.0 Å². The Morgan fingerprint density at radius 1 is 1.11 bits per heavy atom. The highest BCUT2D eigenvalue weighted by Gasteiger charge is 2.30. The summed E-state index contributed by atoms with van der Waals surface area (Å²) in [7, 11) is 1.55. The predicted molar refractivity (Wildman–Crippen MR) is 138 cm³/mol. The molecule has 1 atom stereocenters. The van der Waals surface area contributed by atoms with Crippen molar-refractivity contribution >= 4 is 40.2 Å². The van der Waals surface area contributed by atoms with Crippen molar-refractivity contribution in [1.29, 1.82) is 0 Å². The molecule has 1 heterocycles. The van der Waals surface area contributed by atoms with E-state index >= 15 is 0 Å². The molecule has 2 rings (SSSR count). The summed E-state index contributed by atoms with van der Waals surface area (Å²) in [5.41, 5.74) is -0.908. The molecule has 202 valence electrons. The Kier molecular flexibility index (Phi) is 10.0. The van der Waals surface area contributed by atoms with Crippen LogP contribution >= 0.6 is 11.3 Å². The summed E-state index contributed by atoms with van der Waals surface area (Å²) >= 11 is 0.985. The molecule has 37 heavy (non-hydrogen) atoms. The van der Waals surface area contributed by atoms with Gasteiger partial charge in [-0.3, -0.25) is 5.32 Å². The Hall–Kier alpha value is -3.67. The second-order valence-corrected chi connectivity index (χ2v) is 11.1. The number of carbonyl (C=O) groups is 3. The summed E-state index contributed by atoms with van der Waals surface area (Å²) in [6.45, 7) is 10.8. The molecule has 0 aliphatic heterocycles. The fourth-order valence-electron chi connectivity index (χ4n) is 2.83. The highest BCUT2D eigenvalue weighted by atomic mass is 32.1. The molecule has 0 spiro atoms. The smallest absolute Gasteiger partial charge is 0.413 e. The topological polar surface area (TPSA) is 146 Å². The summed E-state index contributed by atoms with van der Waals surface area (Å²) in [5.74, 6) is -1.44. The van der Waals surface area contributed by atoms with E-state index in [1.165, 1.54) is 5.38 Å². The van der Waals surface area contributed by atoms with E-state index in [0.717, 1.165) is 16.9 Å². The number of esters is 1. The van der Waals surface area contributed by atoms with Crippen LogP contribution in [0.2, 0.25) is 0 Å². The van der Waals surface area contributed by atoms with E-state index in [1.54, 1.807) is 52.1 Å². The first-order chi connectivity index (χ1) is 17.2. The molecule has 12 heteroatoms. The quantitative estimate of drug-likeness (QED) is 0.247. The van der Waals surface area contributed by atoms with Crippen LogP contribution < -0.4 is 10.1 Å². The van der Waals surface area contributed by atoms with Crippen LogP contribution in [0.4, 0.5) is 9.93 Å². The number of carboxylic acids is 1. The Labute approximate surface area is 219 Å². The Bertz CT molecular complexity index is 1110. The number of oxime groups is 1. The largest absolute Gasteiger partial charge is 0.497 e. The average Bonchev–Trinajstić information content (AvgIpc) is 3.22. The van der Waals surface area contributed by atoms with Crippen molar-refractivity contribution in [3.05, 3.63) is 40.9 Å². The normalized spacial score (nSPS) is 12.9. The van der Waals surface area contributed by atoms with Crippen molar-refractivity contribution in [3.63, 3.8) is 0 Å². The Balaban J connectivity index is 2.15. The lowest BCUT2D eigenvalue weighted by Crippen LogP contribution is -2.30. The monoisotopic (exact) mass is 535 g/mol. The van der Waals surface area contributed by atoms with Crippen molar-refractivity contribution in [2.45, 2.75) is 66.3 Å². The first-order valence-corrected chi connectivity index (χ1v) is 12.3. The number of benzene rings is 1. The molecule has 0 radical (unpaired) electrons. The number of hydrogen-bond acceptors (Lipinski definition) is 10. The van der Waals surface area contributed by atoms with Gasteiger partial charge in [0.1, 0.15) is 23.7 Å². The van der Waals surface area contributed by atoms with Crippen LogP contribution in [0.3, 0.4) is 0 Å². The molecule has 0 aliphatic carbocycles. The lowest BCUT2D eigenvalue weighted by atomic mass is 9.89. The zero-order valence-electron chi connectivity index (χ0n) is 22.0. The maximum absolute atomic E-state index is 12.8. The minimum Gasteiger partial charge on any atom is -0.497 e. The van der Waals surface area contributed by atoms with Gasteiger partial charge in [0.2, 0.25) is 11.8 Å². The lowest BCUT2D eigenvalue weighted by molar-refractivity contribution is -0.161. The highest BCUT2D eigenvalue weighted by molar-refractivity contribution is 7.14. The zero-order valence-corrected chi connectivity index (χ0v) is 22.8. The molecular formula is C25H33N3O8S. The number of carboxylic acid groups (broad SMARTS) is 1. The standard InChI is InChI=1S/C25H33N3O8S/c1-24(2,3)12-18(21(31)34-13-15-8-10-16(33-7)11-9-15)36-28-19(20(29)30)17-14-37-22(26-17)27-23(32)35-25(4,5)6/h8-11,14,18H,12-13H2,1-7H3,(H,29,30)(H,26,27,32)/b28-19+/t18-/m0/s1. The van der Waals surface area contributed by atoms with Gasteiger partial charge in [0.05, 0.1) is 7.11 Å². The summed E-state index contributed by atoms with van der Waals surface area (Å²) in [6, 6.07) is 7.01. The Morgan fingerprint density at radius 3 is 2.30 bits per heavy atom. The van der Waals surface area contributed by atoms with E-state index in [1.807, 2.05) is 20.8 Å². The molecule has 0 bridgehead atoms. The molecule has 0 aliphatic rings. The summed E-state index contributed by atoms with van der Waals surface area (Å²) in [5, 5.41) is 17.3. The fourth-order valence-corrected chi connectivity index (χ4v) is 3.51. The summed E-state index contributed by atoms with van der Waals surface area (Å²) < 4.78 is 15.7. The van der Waals surface area contributed by atoms with Crippen molar-refractivity contribution < 1.29 is 38.5 Å². The van der Waals surface area contributed by atoms with E-state index < -0.39 is 35.4 Å². The minimum absolute atomic E-state index is 0.00584. The number of hydrogen-bond donors (Lipinski definition) is 2. The minimum atomic E-state index is -1.42. The number of ether oxygens (including phenoxy) is 3. The highest BCUT2D eigenvalue weighted by Crippen LogP contribution is 2.24. The molecule has 0 saturated carbocycles. The molecule has 0 fully saturated rings. The third-order valence-corrected chi connectivity index (χ3v) is 5.19. The van der Waals surface area contributed by atoms with Crippen LogP contribution in [-0.4, -0.2) is 52.6 Å². The lowest BCUT2D eigenvalue weighted by Gasteiger charge is -2.23. The number of nitrogens with zero attached hydrogens (tertiary/aromatic N) is 2.